The summed E-state index contributed by atoms with van der Waals surface area (Å²) in [6.07, 6.45) is 2.95. The van der Waals surface area contributed by atoms with Gasteiger partial charge in [-0.15, -0.1) is 0 Å². The van der Waals surface area contributed by atoms with E-state index in [9.17, 15) is 9.59 Å². The van der Waals surface area contributed by atoms with Crippen LogP contribution in [0.1, 0.15) is 36.0 Å². The third-order valence-electron chi connectivity index (χ3n) is 3.79. The number of nitrogens with one attached hydrogen (secondary N) is 1. The zero-order valence-corrected chi connectivity index (χ0v) is 13.2. The van der Waals surface area contributed by atoms with Gasteiger partial charge in [-0.05, 0) is 37.8 Å². The maximum absolute atomic E-state index is 12.2. The summed E-state index contributed by atoms with van der Waals surface area (Å²) in [4.78, 5) is 23.7. The molecule has 0 atom stereocenters. The lowest BCUT2D eigenvalue weighted by Crippen LogP contribution is -2.39. The van der Waals surface area contributed by atoms with Gasteiger partial charge in [0, 0.05) is 6.04 Å². The molecular formula is C15H17Cl2NO3. The van der Waals surface area contributed by atoms with Crippen LogP contribution in [0.4, 0.5) is 0 Å². The van der Waals surface area contributed by atoms with E-state index in [1.807, 2.05) is 0 Å². The molecule has 0 spiro atoms. The van der Waals surface area contributed by atoms with Crippen LogP contribution in [0.3, 0.4) is 0 Å². The van der Waals surface area contributed by atoms with E-state index >= 15 is 0 Å². The van der Waals surface area contributed by atoms with Crippen LogP contribution in [0, 0.1) is 5.92 Å². The topological polar surface area (TPSA) is 55.4 Å². The first-order valence-electron chi connectivity index (χ1n) is 6.85. The fourth-order valence-corrected chi connectivity index (χ4v) is 2.97. The number of carbonyl (C=O) groups excluding carboxylic acids is 2. The summed E-state index contributed by atoms with van der Waals surface area (Å²) in [6.45, 7) is 0. The number of hydrogen-bond donors (Lipinski definition) is 1. The lowest BCUT2D eigenvalue weighted by molar-refractivity contribution is -0.146. The van der Waals surface area contributed by atoms with Crippen molar-refractivity contribution in [1.29, 1.82) is 0 Å². The Kier molecular flexibility index (Phi) is 5.48. The first-order valence-corrected chi connectivity index (χ1v) is 7.61. The van der Waals surface area contributed by atoms with Crippen molar-refractivity contribution in [1.82, 2.24) is 5.32 Å². The summed E-state index contributed by atoms with van der Waals surface area (Å²) in [5.41, 5.74) is 0.374. The van der Waals surface area contributed by atoms with Crippen molar-refractivity contribution in [3.8, 4) is 0 Å². The molecule has 114 valence electrons. The standard InChI is InChI=1S/C15H17Cl2NO3/c1-21-15(20)9-5-7-10(8-6-9)18-14(19)11-3-2-4-12(16)13(11)17/h2-4,9-10H,5-8H2,1H3,(H,18,19). The van der Waals surface area contributed by atoms with Crippen LogP contribution in [-0.4, -0.2) is 25.0 Å². The molecule has 1 aromatic carbocycles. The molecule has 1 saturated carbocycles. The summed E-state index contributed by atoms with van der Waals surface area (Å²) in [6, 6.07) is 5.02. The van der Waals surface area contributed by atoms with Crippen molar-refractivity contribution in [3.63, 3.8) is 0 Å². The third-order valence-corrected chi connectivity index (χ3v) is 4.61. The number of amides is 1. The van der Waals surface area contributed by atoms with E-state index in [1.54, 1.807) is 18.2 Å². The normalized spacial score (nSPS) is 21.7. The van der Waals surface area contributed by atoms with Gasteiger partial charge >= 0.3 is 5.97 Å². The van der Waals surface area contributed by atoms with Gasteiger partial charge in [0.15, 0.2) is 0 Å². The second kappa shape index (κ2) is 7.14. The van der Waals surface area contributed by atoms with Gasteiger partial charge in [-0.3, -0.25) is 9.59 Å². The van der Waals surface area contributed by atoms with Gasteiger partial charge in [0.05, 0.1) is 28.6 Å². The Balaban J connectivity index is 1.93. The smallest absolute Gasteiger partial charge is 0.308 e. The van der Waals surface area contributed by atoms with Gasteiger partial charge in [-0.1, -0.05) is 29.3 Å². The molecule has 1 aliphatic rings. The number of methoxy groups -OCH3 is 1. The molecule has 1 aliphatic carbocycles. The molecule has 4 nitrogen and oxygen atoms in total. The minimum atomic E-state index is -0.232. The van der Waals surface area contributed by atoms with E-state index in [-0.39, 0.29) is 28.9 Å². The molecule has 2 rings (SSSR count). The van der Waals surface area contributed by atoms with Crippen LogP contribution in [0.15, 0.2) is 18.2 Å². The Hall–Kier alpha value is -1.26. The Labute approximate surface area is 133 Å². The predicted octanol–water partition coefficient (Wildman–Crippen LogP) is 3.46. The number of esters is 1. The molecule has 0 aromatic heterocycles. The second-order valence-corrected chi connectivity index (χ2v) is 5.93. The average Bonchev–Trinajstić information content (AvgIpc) is 2.50. The van der Waals surface area contributed by atoms with Crippen molar-refractivity contribution in [2.75, 3.05) is 7.11 Å². The zero-order valence-electron chi connectivity index (χ0n) is 11.7. The molecule has 21 heavy (non-hydrogen) atoms. The molecule has 1 amide bonds. The first kappa shape index (κ1) is 16.1. The van der Waals surface area contributed by atoms with Gasteiger partial charge in [-0.2, -0.15) is 0 Å². The Bertz CT molecular complexity index is 540. The van der Waals surface area contributed by atoms with Gasteiger partial charge in [0.2, 0.25) is 0 Å². The van der Waals surface area contributed by atoms with E-state index in [0.29, 0.717) is 10.6 Å². The largest absolute Gasteiger partial charge is 0.469 e. The lowest BCUT2D eigenvalue weighted by atomic mass is 9.86. The van der Waals surface area contributed by atoms with Crippen LogP contribution >= 0.6 is 23.2 Å². The fraction of sp³-hybridized carbons (Fsp3) is 0.467. The van der Waals surface area contributed by atoms with Crippen molar-refractivity contribution in [3.05, 3.63) is 33.8 Å². The lowest BCUT2D eigenvalue weighted by Gasteiger charge is -2.27. The van der Waals surface area contributed by atoms with Crippen LogP contribution < -0.4 is 5.32 Å². The van der Waals surface area contributed by atoms with E-state index in [2.05, 4.69) is 5.32 Å². The van der Waals surface area contributed by atoms with Crippen molar-refractivity contribution in [2.24, 2.45) is 5.92 Å². The first-order chi connectivity index (χ1) is 10.0. The number of carbonyl (C=O) groups is 2. The molecule has 1 fully saturated rings. The number of rotatable bonds is 3. The minimum absolute atomic E-state index is 0.0495. The number of ether oxygens (including phenoxy) is 1. The molecule has 0 radical (unpaired) electrons. The highest BCUT2D eigenvalue weighted by Crippen LogP contribution is 2.28. The molecular weight excluding hydrogens is 313 g/mol. The number of hydrogen-bond acceptors (Lipinski definition) is 3. The molecule has 0 bridgehead atoms. The van der Waals surface area contributed by atoms with Gasteiger partial charge in [0.1, 0.15) is 0 Å². The molecule has 6 heteroatoms. The van der Waals surface area contributed by atoms with Gasteiger partial charge in [-0.25, -0.2) is 0 Å². The highest BCUT2D eigenvalue weighted by molar-refractivity contribution is 6.43. The molecule has 0 saturated heterocycles. The summed E-state index contributed by atoms with van der Waals surface area (Å²) in [7, 11) is 1.40. The van der Waals surface area contributed by atoms with Crippen molar-refractivity contribution < 1.29 is 14.3 Å². The Morgan fingerprint density at radius 2 is 1.86 bits per heavy atom. The molecule has 1 N–H and O–H groups in total. The third kappa shape index (κ3) is 3.89. The van der Waals surface area contributed by atoms with E-state index < -0.39 is 0 Å². The summed E-state index contributed by atoms with van der Waals surface area (Å²) in [5, 5.41) is 3.57. The molecule has 0 unspecified atom stereocenters. The molecule has 0 heterocycles. The minimum Gasteiger partial charge on any atom is -0.469 e. The monoisotopic (exact) mass is 329 g/mol. The predicted molar refractivity (Wildman–Crippen MR) is 81.7 cm³/mol. The van der Waals surface area contributed by atoms with E-state index in [4.69, 9.17) is 27.9 Å². The average molecular weight is 330 g/mol. The summed E-state index contributed by atoms with van der Waals surface area (Å²) >= 11 is 11.9. The Morgan fingerprint density at radius 1 is 1.19 bits per heavy atom. The SMILES string of the molecule is COC(=O)C1CCC(NC(=O)c2cccc(Cl)c2Cl)CC1. The van der Waals surface area contributed by atoms with E-state index in [0.717, 1.165) is 25.7 Å². The van der Waals surface area contributed by atoms with Crippen LogP contribution in [0.25, 0.3) is 0 Å². The fourth-order valence-electron chi connectivity index (χ4n) is 2.58. The highest BCUT2D eigenvalue weighted by Gasteiger charge is 2.28. The maximum atomic E-state index is 12.2. The van der Waals surface area contributed by atoms with Crippen LogP contribution in [0.2, 0.25) is 10.0 Å². The van der Waals surface area contributed by atoms with Gasteiger partial charge in [0.25, 0.3) is 5.91 Å². The molecule has 0 aliphatic heterocycles. The summed E-state index contributed by atoms with van der Waals surface area (Å²) < 4.78 is 4.75. The molecule has 1 aromatic rings. The van der Waals surface area contributed by atoms with Crippen LogP contribution in [0.5, 0.6) is 0 Å². The Morgan fingerprint density at radius 3 is 2.48 bits per heavy atom. The van der Waals surface area contributed by atoms with E-state index in [1.165, 1.54) is 7.11 Å². The van der Waals surface area contributed by atoms with Crippen molar-refractivity contribution in [2.45, 2.75) is 31.7 Å². The van der Waals surface area contributed by atoms with Crippen molar-refractivity contribution >= 4 is 35.1 Å². The highest BCUT2D eigenvalue weighted by atomic mass is 35.5. The zero-order chi connectivity index (χ0) is 15.4. The number of benzene rings is 1. The quantitative estimate of drug-likeness (QED) is 0.864. The summed E-state index contributed by atoms with van der Waals surface area (Å²) in [5.74, 6) is -0.459. The van der Waals surface area contributed by atoms with Crippen LogP contribution in [-0.2, 0) is 9.53 Å². The van der Waals surface area contributed by atoms with Gasteiger partial charge < -0.3 is 10.1 Å². The second-order valence-electron chi connectivity index (χ2n) is 5.15. The maximum Gasteiger partial charge on any atom is 0.308 e. The number of halogens is 2.